The van der Waals surface area contributed by atoms with E-state index in [0.717, 1.165) is 42.6 Å². The number of carbonyl (C=O) groups is 1. The summed E-state index contributed by atoms with van der Waals surface area (Å²) in [4.78, 5) is 21.4. The molecule has 0 radical (unpaired) electrons. The maximum atomic E-state index is 12.5. The van der Waals surface area contributed by atoms with E-state index in [1.165, 1.54) is 6.42 Å². The van der Waals surface area contributed by atoms with E-state index in [1.54, 1.807) is 6.33 Å². The normalized spacial score (nSPS) is 19.7. The summed E-state index contributed by atoms with van der Waals surface area (Å²) in [7, 11) is 0. The van der Waals surface area contributed by atoms with Crippen molar-refractivity contribution in [2.75, 3.05) is 0 Å². The number of hydrogen-bond donors (Lipinski definition) is 1. The summed E-state index contributed by atoms with van der Waals surface area (Å²) in [5, 5.41) is 3.12. The van der Waals surface area contributed by atoms with Gasteiger partial charge in [0.25, 0.3) is 5.91 Å². The molecule has 1 aliphatic heterocycles. The molecule has 5 nitrogen and oxygen atoms in total. The van der Waals surface area contributed by atoms with Gasteiger partial charge in [-0.15, -0.1) is 0 Å². The van der Waals surface area contributed by atoms with Crippen LogP contribution >= 0.6 is 0 Å². The van der Waals surface area contributed by atoms with Gasteiger partial charge in [-0.05, 0) is 44.7 Å². The Kier molecular flexibility index (Phi) is 3.29. The highest BCUT2D eigenvalue weighted by molar-refractivity contribution is 6.46. The van der Waals surface area contributed by atoms with E-state index in [9.17, 15) is 4.79 Å². The molecule has 1 aromatic carbocycles. The lowest BCUT2D eigenvalue weighted by Crippen LogP contribution is -2.43. The van der Waals surface area contributed by atoms with E-state index in [2.05, 4.69) is 10.3 Å². The second kappa shape index (κ2) is 5.33. The van der Waals surface area contributed by atoms with Crippen molar-refractivity contribution < 1.29 is 4.79 Å². The molecular formula is C18H20N4O. The van der Waals surface area contributed by atoms with Crippen LogP contribution in [0.5, 0.6) is 0 Å². The Bertz CT molecular complexity index is 784. The zero-order chi connectivity index (χ0) is 15.9. The van der Waals surface area contributed by atoms with Crippen molar-refractivity contribution >= 4 is 11.6 Å². The van der Waals surface area contributed by atoms with Gasteiger partial charge in [-0.25, -0.2) is 4.98 Å². The van der Waals surface area contributed by atoms with E-state index in [0.29, 0.717) is 5.71 Å². The molecule has 0 bridgehead atoms. The Hall–Kier alpha value is -2.43. The first kappa shape index (κ1) is 14.2. The van der Waals surface area contributed by atoms with Crippen molar-refractivity contribution in [3.63, 3.8) is 0 Å². The van der Waals surface area contributed by atoms with Gasteiger partial charge in [0.1, 0.15) is 11.4 Å². The molecule has 1 saturated carbocycles. The van der Waals surface area contributed by atoms with Crippen LogP contribution < -0.4 is 5.32 Å². The third kappa shape index (κ3) is 2.46. The monoisotopic (exact) mass is 308 g/mol. The molecule has 1 amide bonds. The summed E-state index contributed by atoms with van der Waals surface area (Å²) < 4.78 is 2.01. The molecular weight excluding hydrogens is 288 g/mol. The number of nitrogens with zero attached hydrogens (tertiary/aromatic N) is 3. The lowest BCUT2D eigenvalue weighted by molar-refractivity contribution is -0.115. The minimum atomic E-state index is -0.356. The highest BCUT2D eigenvalue weighted by Gasteiger charge is 2.40. The number of carbonyl (C=O) groups excluding carboxylic acids is 1. The van der Waals surface area contributed by atoms with Gasteiger partial charge in [0, 0.05) is 23.1 Å². The van der Waals surface area contributed by atoms with Crippen LogP contribution in [-0.2, 0) is 4.79 Å². The predicted octanol–water partition coefficient (Wildman–Crippen LogP) is 2.76. The van der Waals surface area contributed by atoms with Crippen molar-refractivity contribution in [2.45, 2.75) is 44.7 Å². The maximum Gasteiger partial charge on any atom is 0.272 e. The Morgan fingerprint density at radius 3 is 2.78 bits per heavy atom. The second-order valence-corrected chi connectivity index (χ2v) is 6.46. The van der Waals surface area contributed by atoms with Crippen LogP contribution in [0.25, 0.3) is 5.69 Å². The van der Waals surface area contributed by atoms with Crippen LogP contribution in [0.15, 0.2) is 41.8 Å². The lowest BCUT2D eigenvalue weighted by atomic mass is 9.90. The number of benzene rings is 1. The molecule has 2 heterocycles. The lowest BCUT2D eigenvalue weighted by Gasteiger charge is -2.30. The van der Waals surface area contributed by atoms with Crippen LogP contribution in [0, 0.1) is 6.92 Å². The minimum Gasteiger partial charge on any atom is -0.326 e. The standard InChI is InChI=1S/C18H20N4O/c1-13-11-19-12-22(13)15-7-5-6-14(10-15)16-17(23)21-18(20-16)8-3-2-4-9-18/h5-7,10-12H,2-4,8-9H2,1H3,(H,21,23). The summed E-state index contributed by atoms with van der Waals surface area (Å²) in [6, 6.07) is 7.94. The summed E-state index contributed by atoms with van der Waals surface area (Å²) in [5.74, 6) is -0.0496. The van der Waals surface area contributed by atoms with Gasteiger partial charge >= 0.3 is 0 Å². The van der Waals surface area contributed by atoms with Crippen molar-refractivity contribution in [1.82, 2.24) is 14.9 Å². The minimum absolute atomic E-state index is 0.0496. The first-order valence-corrected chi connectivity index (χ1v) is 8.19. The molecule has 118 valence electrons. The Labute approximate surface area is 135 Å². The number of aliphatic imine (C=N–C) groups is 1. The SMILES string of the molecule is Cc1cncn1-c1cccc(C2=NC3(CCCCC3)NC2=O)c1. The number of aromatic nitrogens is 2. The van der Waals surface area contributed by atoms with Crippen LogP contribution in [0.1, 0.15) is 43.4 Å². The molecule has 1 aliphatic carbocycles. The number of rotatable bonds is 2. The van der Waals surface area contributed by atoms with E-state index in [4.69, 9.17) is 4.99 Å². The van der Waals surface area contributed by atoms with Gasteiger partial charge in [0.05, 0.1) is 6.33 Å². The fraction of sp³-hybridized carbons (Fsp3) is 0.389. The zero-order valence-corrected chi connectivity index (χ0v) is 13.2. The molecule has 23 heavy (non-hydrogen) atoms. The van der Waals surface area contributed by atoms with Gasteiger partial charge in [0.15, 0.2) is 0 Å². The van der Waals surface area contributed by atoms with Gasteiger partial charge in [0.2, 0.25) is 0 Å². The van der Waals surface area contributed by atoms with Crippen LogP contribution in [0.4, 0.5) is 0 Å². The summed E-state index contributed by atoms with van der Waals surface area (Å²) in [5.41, 5.74) is 3.13. The first-order chi connectivity index (χ1) is 11.2. The van der Waals surface area contributed by atoms with Crippen molar-refractivity contribution in [3.8, 4) is 5.69 Å². The molecule has 0 unspecified atom stereocenters. The number of amides is 1. The zero-order valence-electron chi connectivity index (χ0n) is 13.2. The molecule has 0 saturated heterocycles. The van der Waals surface area contributed by atoms with Gasteiger partial charge in [-0.1, -0.05) is 18.6 Å². The predicted molar refractivity (Wildman–Crippen MR) is 88.8 cm³/mol. The Morgan fingerprint density at radius 1 is 1.22 bits per heavy atom. The maximum absolute atomic E-state index is 12.5. The van der Waals surface area contributed by atoms with Crippen LogP contribution in [0.2, 0.25) is 0 Å². The van der Waals surface area contributed by atoms with Crippen molar-refractivity contribution in [2.24, 2.45) is 4.99 Å². The smallest absolute Gasteiger partial charge is 0.272 e. The third-order valence-corrected chi connectivity index (χ3v) is 4.79. The third-order valence-electron chi connectivity index (χ3n) is 4.79. The first-order valence-electron chi connectivity index (χ1n) is 8.19. The summed E-state index contributed by atoms with van der Waals surface area (Å²) in [6.07, 6.45) is 9.00. The highest BCUT2D eigenvalue weighted by Crippen LogP contribution is 2.33. The number of hydrogen-bond acceptors (Lipinski definition) is 3. The summed E-state index contributed by atoms with van der Waals surface area (Å²) in [6.45, 7) is 2.01. The number of imidazole rings is 1. The number of aryl methyl sites for hydroxylation is 1. The second-order valence-electron chi connectivity index (χ2n) is 6.46. The van der Waals surface area contributed by atoms with Gasteiger partial charge < -0.3 is 9.88 Å². The molecule has 1 N–H and O–H groups in total. The fourth-order valence-corrected chi connectivity index (χ4v) is 3.57. The molecule has 1 aromatic heterocycles. The quantitative estimate of drug-likeness (QED) is 0.927. The van der Waals surface area contributed by atoms with Gasteiger partial charge in [-0.3, -0.25) is 9.79 Å². The average Bonchev–Trinajstić information content (AvgIpc) is 3.12. The molecule has 2 aromatic rings. The molecule has 0 atom stereocenters. The van der Waals surface area contributed by atoms with E-state index in [1.807, 2.05) is 42.0 Å². The number of nitrogens with one attached hydrogen (secondary N) is 1. The fourth-order valence-electron chi connectivity index (χ4n) is 3.57. The van der Waals surface area contributed by atoms with E-state index >= 15 is 0 Å². The Balaban J connectivity index is 1.72. The largest absolute Gasteiger partial charge is 0.326 e. The van der Waals surface area contributed by atoms with E-state index in [-0.39, 0.29) is 11.6 Å². The topological polar surface area (TPSA) is 59.3 Å². The van der Waals surface area contributed by atoms with Crippen LogP contribution in [-0.4, -0.2) is 26.8 Å². The molecule has 1 fully saturated rings. The average molecular weight is 308 g/mol. The van der Waals surface area contributed by atoms with Crippen LogP contribution in [0.3, 0.4) is 0 Å². The molecule has 4 rings (SSSR count). The van der Waals surface area contributed by atoms with Crippen molar-refractivity contribution in [3.05, 3.63) is 48.0 Å². The molecule has 5 heteroatoms. The van der Waals surface area contributed by atoms with Crippen molar-refractivity contribution in [1.29, 1.82) is 0 Å². The molecule has 1 spiro atoms. The van der Waals surface area contributed by atoms with E-state index < -0.39 is 0 Å². The summed E-state index contributed by atoms with van der Waals surface area (Å²) >= 11 is 0. The molecule has 2 aliphatic rings. The highest BCUT2D eigenvalue weighted by atomic mass is 16.2. The Morgan fingerprint density at radius 2 is 2.04 bits per heavy atom. The van der Waals surface area contributed by atoms with Gasteiger partial charge in [-0.2, -0.15) is 0 Å².